The predicted molar refractivity (Wildman–Crippen MR) is 48.4 cm³/mol. The first-order valence-corrected chi connectivity index (χ1v) is 4.75. The predicted octanol–water partition coefficient (Wildman–Crippen LogP) is 0.690. The first kappa shape index (κ1) is 6.84. The molecule has 1 saturated carbocycles. The van der Waals surface area contributed by atoms with Gasteiger partial charge in [-0.25, -0.2) is 4.58 Å². The minimum absolute atomic E-state index is 0.765. The van der Waals surface area contributed by atoms with E-state index in [9.17, 15) is 0 Å². The van der Waals surface area contributed by atoms with Crippen molar-refractivity contribution in [3.05, 3.63) is 11.8 Å². The van der Waals surface area contributed by atoms with Crippen LogP contribution in [0.5, 0.6) is 0 Å². The third kappa shape index (κ3) is 0.761. The van der Waals surface area contributed by atoms with Crippen LogP contribution in [0.3, 0.4) is 0 Å². The van der Waals surface area contributed by atoms with Crippen LogP contribution in [0.2, 0.25) is 0 Å². The third-order valence-electron chi connectivity index (χ3n) is 3.60. The SMILES string of the molecule is CN1C2CC3=C[N+](C)=CC3CC21. The number of likely N-dealkylation sites (N-methyl/N-ethyl adjacent to an activating group) is 1. The highest BCUT2D eigenvalue weighted by Crippen LogP contribution is 2.44. The number of hydrogen-bond acceptors (Lipinski definition) is 1. The maximum Gasteiger partial charge on any atom is 0.168 e. The van der Waals surface area contributed by atoms with E-state index >= 15 is 0 Å². The van der Waals surface area contributed by atoms with E-state index in [0.29, 0.717) is 0 Å². The van der Waals surface area contributed by atoms with Gasteiger partial charge in [0, 0.05) is 17.7 Å². The molecule has 4 unspecified atom stereocenters. The van der Waals surface area contributed by atoms with Crippen molar-refractivity contribution in [2.24, 2.45) is 5.92 Å². The molecule has 2 aliphatic heterocycles. The highest BCUT2D eigenvalue weighted by atomic mass is 15.3. The number of likely N-dealkylation sites (tertiary alicyclic amines) is 1. The lowest BCUT2D eigenvalue weighted by Crippen LogP contribution is -2.15. The van der Waals surface area contributed by atoms with Crippen LogP contribution in [0.25, 0.3) is 0 Å². The van der Waals surface area contributed by atoms with Gasteiger partial charge in [-0.15, -0.1) is 0 Å². The summed E-state index contributed by atoms with van der Waals surface area (Å²) >= 11 is 0. The summed E-state index contributed by atoms with van der Waals surface area (Å²) in [5.74, 6) is 0.765. The highest BCUT2D eigenvalue weighted by Gasteiger charge is 2.51. The van der Waals surface area contributed by atoms with E-state index in [1.807, 2.05) is 0 Å². The molecule has 2 nitrogen and oxygen atoms in total. The lowest BCUT2D eigenvalue weighted by atomic mass is 9.87. The quantitative estimate of drug-likeness (QED) is 0.376. The molecule has 3 rings (SSSR count). The van der Waals surface area contributed by atoms with Gasteiger partial charge in [0.1, 0.15) is 7.05 Å². The fourth-order valence-electron chi connectivity index (χ4n) is 2.77. The molecule has 0 aromatic heterocycles. The van der Waals surface area contributed by atoms with E-state index in [1.54, 1.807) is 5.57 Å². The summed E-state index contributed by atoms with van der Waals surface area (Å²) in [4.78, 5) is 2.51. The van der Waals surface area contributed by atoms with Crippen LogP contribution in [0, 0.1) is 5.92 Å². The van der Waals surface area contributed by atoms with Gasteiger partial charge in [-0.1, -0.05) is 0 Å². The smallest absolute Gasteiger partial charge is 0.168 e. The Kier molecular flexibility index (Phi) is 1.14. The average molecular weight is 163 g/mol. The second kappa shape index (κ2) is 1.99. The van der Waals surface area contributed by atoms with Crippen LogP contribution in [0.1, 0.15) is 12.8 Å². The molecule has 0 spiro atoms. The monoisotopic (exact) mass is 163 g/mol. The highest BCUT2D eigenvalue weighted by molar-refractivity contribution is 5.64. The summed E-state index contributed by atoms with van der Waals surface area (Å²) in [7, 11) is 4.39. The van der Waals surface area contributed by atoms with Crippen LogP contribution in [-0.2, 0) is 0 Å². The summed E-state index contributed by atoms with van der Waals surface area (Å²) in [5, 5.41) is 0. The largest absolute Gasteiger partial charge is 0.297 e. The van der Waals surface area contributed by atoms with Gasteiger partial charge in [0.2, 0.25) is 0 Å². The minimum atomic E-state index is 0.765. The van der Waals surface area contributed by atoms with Crippen LogP contribution < -0.4 is 0 Å². The van der Waals surface area contributed by atoms with Crippen molar-refractivity contribution in [3.8, 4) is 0 Å². The van der Waals surface area contributed by atoms with E-state index in [2.05, 4.69) is 36.0 Å². The standard InChI is InChI=1S/C10H15N2/c1-11-5-7-3-9-10(12(9)2)4-8(7)6-11/h5-7,9-10H,3-4H2,1-2H3/q+1. The Balaban J connectivity index is 1.87. The molecule has 0 aromatic carbocycles. The summed E-state index contributed by atoms with van der Waals surface area (Å²) in [6.07, 6.45) is 7.34. The average Bonchev–Trinajstić information content (AvgIpc) is 2.53. The molecule has 0 amide bonds. The van der Waals surface area contributed by atoms with Crippen LogP contribution in [-0.4, -0.2) is 41.9 Å². The van der Waals surface area contributed by atoms with Crippen molar-refractivity contribution in [2.45, 2.75) is 24.9 Å². The van der Waals surface area contributed by atoms with Gasteiger partial charge in [-0.3, -0.25) is 4.90 Å². The molecule has 3 aliphatic rings. The molecule has 4 atom stereocenters. The van der Waals surface area contributed by atoms with Gasteiger partial charge in [-0.05, 0) is 19.9 Å². The molecule has 64 valence electrons. The lowest BCUT2D eigenvalue weighted by Gasteiger charge is -2.11. The number of fused-ring (bicyclic) bond motifs is 2. The van der Waals surface area contributed by atoms with Gasteiger partial charge in [0.25, 0.3) is 0 Å². The van der Waals surface area contributed by atoms with Crippen LogP contribution in [0.4, 0.5) is 0 Å². The van der Waals surface area contributed by atoms with E-state index in [0.717, 1.165) is 18.0 Å². The van der Waals surface area contributed by atoms with E-state index < -0.39 is 0 Å². The lowest BCUT2D eigenvalue weighted by molar-refractivity contribution is -0.414. The number of hydrogen-bond donors (Lipinski definition) is 0. The van der Waals surface area contributed by atoms with Crippen molar-refractivity contribution in [3.63, 3.8) is 0 Å². The topological polar surface area (TPSA) is 6.02 Å². The Morgan fingerprint density at radius 1 is 1.50 bits per heavy atom. The normalized spacial score (nSPS) is 49.2. The molecule has 0 radical (unpaired) electrons. The second-order valence-corrected chi connectivity index (χ2v) is 4.37. The summed E-state index contributed by atoms with van der Waals surface area (Å²) in [6, 6.07) is 1.78. The Hall–Kier alpha value is -0.630. The van der Waals surface area contributed by atoms with Gasteiger partial charge in [-0.2, -0.15) is 0 Å². The molecule has 2 heteroatoms. The summed E-state index contributed by atoms with van der Waals surface area (Å²) < 4.78 is 2.23. The Morgan fingerprint density at radius 2 is 2.33 bits per heavy atom. The number of nitrogens with zero attached hydrogens (tertiary/aromatic N) is 2. The molecule has 0 bridgehead atoms. The van der Waals surface area contributed by atoms with Crippen molar-refractivity contribution in [1.82, 2.24) is 4.90 Å². The maximum atomic E-state index is 2.51. The second-order valence-electron chi connectivity index (χ2n) is 4.37. The van der Waals surface area contributed by atoms with Crippen molar-refractivity contribution in [1.29, 1.82) is 0 Å². The van der Waals surface area contributed by atoms with Crippen molar-refractivity contribution in [2.75, 3.05) is 14.1 Å². The van der Waals surface area contributed by atoms with Crippen LogP contribution >= 0.6 is 0 Å². The molecule has 2 heterocycles. The Morgan fingerprint density at radius 3 is 3.17 bits per heavy atom. The van der Waals surface area contributed by atoms with Gasteiger partial charge in [0.05, 0.1) is 5.92 Å². The zero-order valence-corrected chi connectivity index (χ0v) is 7.70. The summed E-state index contributed by atoms with van der Waals surface area (Å²) in [6.45, 7) is 0. The Bertz CT molecular complexity index is 290. The van der Waals surface area contributed by atoms with Gasteiger partial charge < -0.3 is 0 Å². The van der Waals surface area contributed by atoms with Crippen LogP contribution in [0.15, 0.2) is 11.8 Å². The van der Waals surface area contributed by atoms with E-state index in [4.69, 9.17) is 0 Å². The number of rotatable bonds is 0. The third-order valence-corrected chi connectivity index (χ3v) is 3.60. The fraction of sp³-hybridized carbons (Fsp3) is 0.700. The zero-order valence-electron chi connectivity index (χ0n) is 7.70. The van der Waals surface area contributed by atoms with E-state index in [-0.39, 0.29) is 0 Å². The Labute approximate surface area is 73.2 Å². The van der Waals surface area contributed by atoms with E-state index in [1.165, 1.54) is 12.8 Å². The maximum absolute atomic E-state index is 2.51. The fourth-order valence-corrected chi connectivity index (χ4v) is 2.77. The zero-order chi connectivity index (χ0) is 8.29. The van der Waals surface area contributed by atoms with Gasteiger partial charge >= 0.3 is 0 Å². The molecule has 2 fully saturated rings. The molecule has 1 saturated heterocycles. The van der Waals surface area contributed by atoms with Crippen molar-refractivity contribution < 1.29 is 4.58 Å². The molecule has 1 aliphatic carbocycles. The molecule has 0 N–H and O–H groups in total. The van der Waals surface area contributed by atoms with Crippen molar-refractivity contribution >= 4 is 6.21 Å². The first-order chi connectivity index (χ1) is 5.75. The first-order valence-electron chi connectivity index (χ1n) is 4.75. The molecular weight excluding hydrogens is 148 g/mol. The summed E-state index contributed by atoms with van der Waals surface area (Å²) in [5.41, 5.74) is 1.66. The minimum Gasteiger partial charge on any atom is -0.297 e. The van der Waals surface area contributed by atoms with Gasteiger partial charge in [0.15, 0.2) is 12.4 Å². The molecule has 12 heavy (non-hydrogen) atoms. The molecular formula is C10H15N2+. The molecule has 0 aromatic rings.